The molecule has 0 bridgehead atoms. The molecule has 8 heteroatoms. The summed E-state index contributed by atoms with van der Waals surface area (Å²) in [6.07, 6.45) is 5.34. The Morgan fingerprint density at radius 2 is 2.08 bits per heavy atom. The Hall–Kier alpha value is -2.71. The summed E-state index contributed by atoms with van der Waals surface area (Å²) in [6, 6.07) is 5.90. The number of hydrogen-bond acceptors (Lipinski definition) is 7. The van der Waals surface area contributed by atoms with Crippen molar-refractivity contribution in [2.75, 3.05) is 50.5 Å². The first-order chi connectivity index (χ1) is 12.8. The summed E-state index contributed by atoms with van der Waals surface area (Å²) >= 11 is 0. The summed E-state index contributed by atoms with van der Waals surface area (Å²) < 4.78 is 7.64. The number of rotatable bonds is 6. The Morgan fingerprint density at radius 3 is 2.85 bits per heavy atom. The van der Waals surface area contributed by atoms with Crippen molar-refractivity contribution in [2.45, 2.75) is 6.54 Å². The van der Waals surface area contributed by atoms with E-state index in [4.69, 9.17) is 4.74 Å². The number of pyridine rings is 2. The number of anilines is 3. The summed E-state index contributed by atoms with van der Waals surface area (Å²) in [7, 11) is 1.90. The van der Waals surface area contributed by atoms with Gasteiger partial charge in [0.1, 0.15) is 11.3 Å². The first-order valence-electron chi connectivity index (χ1n) is 8.84. The smallest absolute Gasteiger partial charge is 0.203 e. The van der Waals surface area contributed by atoms with Crippen molar-refractivity contribution in [3.8, 4) is 0 Å². The quantitative estimate of drug-likeness (QED) is 0.701. The van der Waals surface area contributed by atoms with E-state index in [-0.39, 0.29) is 0 Å². The predicted molar refractivity (Wildman–Crippen MR) is 102 cm³/mol. The Bertz CT molecular complexity index is 859. The fourth-order valence-electron chi connectivity index (χ4n) is 3.16. The van der Waals surface area contributed by atoms with Crippen molar-refractivity contribution in [3.05, 3.63) is 36.8 Å². The monoisotopic (exact) mass is 353 g/mol. The molecule has 0 spiro atoms. The summed E-state index contributed by atoms with van der Waals surface area (Å²) in [5, 5.41) is 6.49. The molecular weight excluding hydrogens is 330 g/mol. The van der Waals surface area contributed by atoms with Crippen LogP contribution in [0.15, 0.2) is 36.8 Å². The average Bonchev–Trinajstić information content (AvgIpc) is 3.05. The second-order valence-corrected chi connectivity index (χ2v) is 6.22. The topological polar surface area (TPSA) is 80.1 Å². The van der Waals surface area contributed by atoms with Crippen molar-refractivity contribution in [3.63, 3.8) is 0 Å². The van der Waals surface area contributed by atoms with Gasteiger partial charge in [-0.15, -0.1) is 0 Å². The molecule has 2 N–H and O–H groups in total. The second-order valence-electron chi connectivity index (χ2n) is 6.22. The molecule has 4 heterocycles. The van der Waals surface area contributed by atoms with Gasteiger partial charge < -0.3 is 19.9 Å². The summed E-state index contributed by atoms with van der Waals surface area (Å²) in [4.78, 5) is 15.7. The normalized spacial score (nSPS) is 15.3. The summed E-state index contributed by atoms with van der Waals surface area (Å²) in [5.74, 6) is 1.63. The van der Waals surface area contributed by atoms with Crippen LogP contribution < -0.4 is 10.6 Å². The Balaban J connectivity index is 1.58. The van der Waals surface area contributed by atoms with Gasteiger partial charge >= 0.3 is 0 Å². The highest BCUT2D eigenvalue weighted by molar-refractivity contribution is 5.81. The number of fused-ring (bicyclic) bond motifs is 1. The molecule has 1 saturated heterocycles. The molecule has 1 fully saturated rings. The average molecular weight is 353 g/mol. The number of nitrogens with one attached hydrogen (secondary N) is 2. The van der Waals surface area contributed by atoms with Crippen LogP contribution in [0.4, 0.5) is 17.5 Å². The third-order valence-corrected chi connectivity index (χ3v) is 4.54. The van der Waals surface area contributed by atoms with E-state index in [1.807, 2.05) is 25.2 Å². The zero-order chi connectivity index (χ0) is 17.8. The van der Waals surface area contributed by atoms with Crippen LogP contribution >= 0.6 is 0 Å². The molecule has 3 aromatic rings. The molecule has 0 aliphatic carbocycles. The fourth-order valence-corrected chi connectivity index (χ4v) is 3.16. The minimum atomic E-state index is 0.778. The first-order valence-corrected chi connectivity index (χ1v) is 8.84. The predicted octanol–water partition coefficient (Wildman–Crippen LogP) is 1.94. The lowest BCUT2D eigenvalue weighted by Crippen LogP contribution is -2.38. The highest BCUT2D eigenvalue weighted by Gasteiger charge is 2.14. The van der Waals surface area contributed by atoms with Crippen LogP contribution in [0, 0.1) is 0 Å². The SMILES string of the molecule is CNc1nc2cnc(Nc3cccnc3)cc2n1CCN1CCOCC1. The molecular formula is C18H23N7O. The minimum Gasteiger partial charge on any atom is -0.379 e. The molecule has 4 rings (SSSR count). The third kappa shape index (κ3) is 3.61. The number of aromatic nitrogens is 4. The zero-order valence-electron chi connectivity index (χ0n) is 14.9. The van der Waals surface area contributed by atoms with Crippen molar-refractivity contribution >= 4 is 28.5 Å². The van der Waals surface area contributed by atoms with Crippen LogP contribution in [0.2, 0.25) is 0 Å². The van der Waals surface area contributed by atoms with Crippen LogP contribution in [-0.4, -0.2) is 64.3 Å². The molecule has 1 aliphatic heterocycles. The molecule has 3 aromatic heterocycles. The highest BCUT2D eigenvalue weighted by Crippen LogP contribution is 2.23. The van der Waals surface area contributed by atoms with E-state index in [9.17, 15) is 0 Å². The van der Waals surface area contributed by atoms with Gasteiger partial charge in [-0.1, -0.05) is 0 Å². The lowest BCUT2D eigenvalue weighted by atomic mass is 10.3. The standard InChI is InChI=1S/C18H23N7O/c1-19-18-23-15-13-21-17(22-14-3-2-4-20-12-14)11-16(15)25(18)6-5-24-7-9-26-10-8-24/h2-4,11-13H,5-10H2,1H3,(H,19,23)(H,21,22). The van der Waals surface area contributed by atoms with E-state index in [2.05, 4.69) is 35.1 Å². The molecule has 0 aromatic carbocycles. The van der Waals surface area contributed by atoms with Crippen molar-refractivity contribution in [2.24, 2.45) is 0 Å². The molecule has 8 nitrogen and oxygen atoms in total. The van der Waals surface area contributed by atoms with Crippen LogP contribution in [0.25, 0.3) is 11.0 Å². The summed E-state index contributed by atoms with van der Waals surface area (Å²) in [5.41, 5.74) is 2.85. The van der Waals surface area contributed by atoms with Gasteiger partial charge in [0.2, 0.25) is 5.95 Å². The van der Waals surface area contributed by atoms with Crippen LogP contribution in [0.3, 0.4) is 0 Å². The van der Waals surface area contributed by atoms with E-state index in [1.165, 1.54) is 0 Å². The second kappa shape index (κ2) is 7.67. The van der Waals surface area contributed by atoms with E-state index in [0.29, 0.717) is 0 Å². The van der Waals surface area contributed by atoms with Gasteiger partial charge in [0.15, 0.2) is 0 Å². The van der Waals surface area contributed by atoms with E-state index < -0.39 is 0 Å². The number of hydrogen-bond donors (Lipinski definition) is 2. The fraction of sp³-hybridized carbons (Fsp3) is 0.389. The Labute approximate surface area is 152 Å². The minimum absolute atomic E-state index is 0.778. The van der Waals surface area contributed by atoms with Gasteiger partial charge in [-0.3, -0.25) is 9.88 Å². The van der Waals surface area contributed by atoms with Gasteiger partial charge in [0.25, 0.3) is 0 Å². The number of morpholine rings is 1. The van der Waals surface area contributed by atoms with Gasteiger partial charge in [-0.25, -0.2) is 9.97 Å². The number of ether oxygens (including phenoxy) is 1. The Kier molecular flexibility index (Phi) is 4.94. The third-order valence-electron chi connectivity index (χ3n) is 4.54. The maximum Gasteiger partial charge on any atom is 0.203 e. The van der Waals surface area contributed by atoms with Crippen molar-refractivity contribution in [1.29, 1.82) is 0 Å². The number of imidazole rings is 1. The van der Waals surface area contributed by atoms with Crippen LogP contribution in [0.5, 0.6) is 0 Å². The highest BCUT2D eigenvalue weighted by atomic mass is 16.5. The maximum atomic E-state index is 5.43. The summed E-state index contributed by atoms with van der Waals surface area (Å²) in [6.45, 7) is 5.42. The lowest BCUT2D eigenvalue weighted by Gasteiger charge is -2.26. The molecule has 0 amide bonds. The molecule has 26 heavy (non-hydrogen) atoms. The maximum absolute atomic E-state index is 5.43. The van der Waals surface area contributed by atoms with Gasteiger partial charge in [0, 0.05) is 45.5 Å². The van der Waals surface area contributed by atoms with E-state index >= 15 is 0 Å². The van der Waals surface area contributed by atoms with Gasteiger partial charge in [0.05, 0.1) is 36.8 Å². The molecule has 1 aliphatic rings. The van der Waals surface area contributed by atoms with Crippen LogP contribution in [0.1, 0.15) is 0 Å². The molecule has 0 unspecified atom stereocenters. The van der Waals surface area contributed by atoms with E-state index in [0.717, 1.165) is 67.9 Å². The largest absolute Gasteiger partial charge is 0.379 e. The lowest BCUT2D eigenvalue weighted by molar-refractivity contribution is 0.0366. The molecule has 0 atom stereocenters. The van der Waals surface area contributed by atoms with Gasteiger partial charge in [-0.05, 0) is 12.1 Å². The van der Waals surface area contributed by atoms with E-state index in [1.54, 1.807) is 18.6 Å². The number of nitrogens with zero attached hydrogens (tertiary/aromatic N) is 5. The van der Waals surface area contributed by atoms with Crippen molar-refractivity contribution < 1.29 is 4.74 Å². The molecule has 0 saturated carbocycles. The first kappa shape index (κ1) is 16.7. The Morgan fingerprint density at radius 1 is 1.19 bits per heavy atom. The molecule has 0 radical (unpaired) electrons. The van der Waals surface area contributed by atoms with Crippen LogP contribution in [-0.2, 0) is 11.3 Å². The zero-order valence-corrected chi connectivity index (χ0v) is 14.9. The van der Waals surface area contributed by atoms with Gasteiger partial charge in [-0.2, -0.15) is 0 Å². The molecule has 136 valence electrons. The van der Waals surface area contributed by atoms with Crippen molar-refractivity contribution in [1.82, 2.24) is 24.4 Å².